The van der Waals surface area contributed by atoms with Crippen molar-refractivity contribution < 1.29 is 118 Å². The molecular formula is C6H5Na3O6. The Hall–Kier alpha value is 1.41. The maximum atomic E-state index is 10.1. The van der Waals surface area contributed by atoms with E-state index in [-0.39, 0.29) is 88.7 Å². The predicted octanol–water partition coefficient (Wildman–Crippen LogP) is -13.5. The predicted molar refractivity (Wildman–Crippen MR) is 27.7 cm³/mol. The van der Waals surface area contributed by atoms with Gasteiger partial charge in [0.1, 0.15) is 0 Å². The molecule has 68 valence electrons. The van der Waals surface area contributed by atoms with Crippen molar-refractivity contribution in [2.24, 2.45) is 11.8 Å². The van der Waals surface area contributed by atoms with E-state index >= 15 is 0 Å². The fourth-order valence-corrected chi connectivity index (χ4v) is 0.641. The molecule has 15 heavy (non-hydrogen) atoms. The Labute approximate surface area is 153 Å². The van der Waals surface area contributed by atoms with E-state index in [2.05, 4.69) is 0 Å². The van der Waals surface area contributed by atoms with Crippen LogP contribution in [-0.2, 0) is 14.4 Å². The molecule has 0 unspecified atom stereocenters. The van der Waals surface area contributed by atoms with Crippen molar-refractivity contribution in [2.75, 3.05) is 0 Å². The summed E-state index contributed by atoms with van der Waals surface area (Å²) in [5, 5.41) is 30.2. The summed E-state index contributed by atoms with van der Waals surface area (Å²) in [5.74, 6) is -9.60. The Morgan fingerprint density at radius 3 is 1.13 bits per heavy atom. The number of hydrogen-bond acceptors (Lipinski definition) is 6. The van der Waals surface area contributed by atoms with Crippen LogP contribution in [0.3, 0.4) is 0 Å². The third kappa shape index (κ3) is 9.14. The summed E-state index contributed by atoms with van der Waals surface area (Å²) in [6, 6.07) is 0. The minimum absolute atomic E-state index is 0. The second-order valence-corrected chi connectivity index (χ2v) is 2.22. The first-order chi connectivity index (χ1) is 5.37. The van der Waals surface area contributed by atoms with E-state index in [0.29, 0.717) is 0 Å². The van der Waals surface area contributed by atoms with Gasteiger partial charge >= 0.3 is 88.7 Å². The van der Waals surface area contributed by atoms with E-state index in [0.717, 1.165) is 6.92 Å². The fraction of sp³-hybridized carbons (Fsp3) is 0.500. The molecule has 0 N–H and O–H groups in total. The second kappa shape index (κ2) is 11.9. The maximum absolute atomic E-state index is 10.1. The normalized spacial score (nSPS) is 10.0. The van der Waals surface area contributed by atoms with E-state index in [1.165, 1.54) is 0 Å². The molecule has 0 aliphatic heterocycles. The summed E-state index contributed by atoms with van der Waals surface area (Å²) >= 11 is 0. The van der Waals surface area contributed by atoms with Crippen molar-refractivity contribution in [2.45, 2.75) is 6.92 Å². The number of carboxylic acid groups (broad SMARTS) is 3. The van der Waals surface area contributed by atoms with Gasteiger partial charge in [-0.05, 0) is 0 Å². The summed E-state index contributed by atoms with van der Waals surface area (Å²) in [7, 11) is 0. The summed E-state index contributed by atoms with van der Waals surface area (Å²) in [6.07, 6.45) is 0. The second-order valence-electron chi connectivity index (χ2n) is 2.22. The number of carbonyl (C=O) groups is 3. The molecule has 0 bridgehead atoms. The van der Waals surface area contributed by atoms with Gasteiger partial charge in [-0.15, -0.1) is 0 Å². The first-order valence-corrected chi connectivity index (χ1v) is 3.00. The standard InChI is InChI=1S/C6H8O6.3Na/c1-2(4(7)8)3(5(9)10)6(11)12;;;/h2-3H,1H3,(H,7,8)(H,9,10)(H,11,12);;;/q;3*+1/p-3/t2-;;;/m1.../s1. The Morgan fingerprint density at radius 2 is 1.07 bits per heavy atom. The molecule has 0 amide bonds. The van der Waals surface area contributed by atoms with Gasteiger partial charge in [-0.1, -0.05) is 6.92 Å². The molecular weight excluding hydrogens is 237 g/mol. The van der Waals surface area contributed by atoms with E-state index in [1.807, 2.05) is 0 Å². The van der Waals surface area contributed by atoms with E-state index in [9.17, 15) is 29.7 Å². The smallest absolute Gasteiger partial charge is 0.550 e. The van der Waals surface area contributed by atoms with Crippen molar-refractivity contribution in [3.63, 3.8) is 0 Å². The van der Waals surface area contributed by atoms with Gasteiger partial charge in [-0.2, -0.15) is 0 Å². The van der Waals surface area contributed by atoms with Crippen molar-refractivity contribution >= 4 is 17.9 Å². The van der Waals surface area contributed by atoms with Crippen LogP contribution >= 0.6 is 0 Å². The zero-order valence-electron chi connectivity index (χ0n) is 9.10. The van der Waals surface area contributed by atoms with Crippen LogP contribution in [0.25, 0.3) is 0 Å². The molecule has 0 aliphatic carbocycles. The molecule has 0 fully saturated rings. The number of aliphatic carboxylic acids is 3. The molecule has 0 aromatic heterocycles. The molecule has 0 aromatic carbocycles. The van der Waals surface area contributed by atoms with Gasteiger partial charge < -0.3 is 29.7 Å². The van der Waals surface area contributed by atoms with Gasteiger partial charge in [0.15, 0.2) is 0 Å². The topological polar surface area (TPSA) is 120 Å². The molecule has 0 spiro atoms. The van der Waals surface area contributed by atoms with Crippen molar-refractivity contribution in [3.05, 3.63) is 0 Å². The number of rotatable bonds is 4. The van der Waals surface area contributed by atoms with Crippen molar-refractivity contribution in [1.82, 2.24) is 0 Å². The van der Waals surface area contributed by atoms with Gasteiger partial charge in [-0.25, -0.2) is 0 Å². The Morgan fingerprint density at radius 1 is 0.800 bits per heavy atom. The summed E-state index contributed by atoms with van der Waals surface area (Å²) in [5.41, 5.74) is 0. The molecule has 0 saturated heterocycles. The van der Waals surface area contributed by atoms with Crippen LogP contribution in [-0.4, -0.2) is 17.9 Å². The van der Waals surface area contributed by atoms with Crippen LogP contribution in [0.2, 0.25) is 0 Å². The van der Waals surface area contributed by atoms with E-state index in [4.69, 9.17) is 0 Å². The SMILES string of the molecule is C[C@@H](C(=O)[O-])C(C(=O)[O-])C(=O)[O-].[Na+].[Na+].[Na+]. The Kier molecular flexibility index (Phi) is 20.0. The fourth-order valence-electron chi connectivity index (χ4n) is 0.641. The number of hydrogen-bond donors (Lipinski definition) is 0. The largest absolute Gasteiger partial charge is 1.00 e. The average Bonchev–Trinajstić information content (AvgIpc) is 1.85. The van der Waals surface area contributed by atoms with Crippen LogP contribution < -0.4 is 104 Å². The molecule has 0 radical (unpaired) electrons. The van der Waals surface area contributed by atoms with Crippen LogP contribution in [0.15, 0.2) is 0 Å². The molecule has 0 aromatic rings. The first kappa shape index (κ1) is 25.3. The first-order valence-electron chi connectivity index (χ1n) is 3.00. The molecule has 0 rings (SSSR count). The third-order valence-corrected chi connectivity index (χ3v) is 1.38. The molecule has 9 heteroatoms. The maximum Gasteiger partial charge on any atom is 1.00 e. The van der Waals surface area contributed by atoms with Crippen molar-refractivity contribution in [3.8, 4) is 0 Å². The van der Waals surface area contributed by atoms with E-state index < -0.39 is 29.7 Å². The average molecular weight is 242 g/mol. The van der Waals surface area contributed by atoms with Gasteiger partial charge in [-0.3, -0.25) is 0 Å². The minimum Gasteiger partial charge on any atom is -0.550 e. The van der Waals surface area contributed by atoms with Crippen LogP contribution in [0.5, 0.6) is 0 Å². The number of carboxylic acids is 3. The zero-order valence-corrected chi connectivity index (χ0v) is 15.1. The molecule has 6 nitrogen and oxygen atoms in total. The van der Waals surface area contributed by atoms with Gasteiger partial charge in [0.05, 0.1) is 11.9 Å². The third-order valence-electron chi connectivity index (χ3n) is 1.38. The summed E-state index contributed by atoms with van der Waals surface area (Å²) in [6.45, 7) is 0.894. The quantitative estimate of drug-likeness (QED) is 0.356. The molecule has 0 heterocycles. The molecule has 1 atom stereocenters. The van der Waals surface area contributed by atoms with Gasteiger partial charge in [0.25, 0.3) is 0 Å². The van der Waals surface area contributed by atoms with Gasteiger partial charge in [0, 0.05) is 17.8 Å². The number of carbonyl (C=O) groups excluding carboxylic acids is 3. The monoisotopic (exact) mass is 242 g/mol. The van der Waals surface area contributed by atoms with Gasteiger partial charge in [0.2, 0.25) is 0 Å². The van der Waals surface area contributed by atoms with Crippen LogP contribution in [0.4, 0.5) is 0 Å². The Bertz CT molecular complexity index is 217. The van der Waals surface area contributed by atoms with Crippen LogP contribution in [0.1, 0.15) is 6.92 Å². The summed E-state index contributed by atoms with van der Waals surface area (Å²) in [4.78, 5) is 30.2. The van der Waals surface area contributed by atoms with Crippen molar-refractivity contribution in [1.29, 1.82) is 0 Å². The minimum atomic E-state index is -2.17. The Balaban J connectivity index is -0.000000202. The molecule has 0 aliphatic rings. The molecule has 0 saturated carbocycles. The van der Waals surface area contributed by atoms with E-state index in [1.54, 1.807) is 0 Å². The summed E-state index contributed by atoms with van der Waals surface area (Å²) < 4.78 is 0. The zero-order chi connectivity index (χ0) is 9.89. The van der Waals surface area contributed by atoms with Crippen LogP contribution in [0, 0.1) is 11.8 Å².